The maximum absolute atomic E-state index is 13.5. The van der Waals surface area contributed by atoms with Crippen LogP contribution in [0.1, 0.15) is 13.8 Å². The number of aliphatic hydroxyl groups excluding tert-OH is 1. The number of aliphatic hydroxyl groups is 1. The molecular weight excluding hydrogens is 384 g/mol. The first-order valence-corrected chi connectivity index (χ1v) is 11.5. The molecule has 0 aliphatic carbocycles. The van der Waals surface area contributed by atoms with Crippen molar-refractivity contribution >= 4 is 26.5 Å². The van der Waals surface area contributed by atoms with Gasteiger partial charge in [-0.05, 0) is 48.9 Å². The zero-order chi connectivity index (χ0) is 20.9. The number of para-hydroxylation sites is 1. The molecule has 29 heavy (non-hydrogen) atoms. The number of nitrogens with zero attached hydrogens (tertiary/aromatic N) is 1. The highest BCUT2D eigenvalue weighted by atomic mass is 32.2. The smallest absolute Gasteiger partial charge is 0.264 e. The maximum Gasteiger partial charge on any atom is 0.264 e. The first kappa shape index (κ1) is 21.3. The van der Waals surface area contributed by atoms with E-state index in [1.165, 1.54) is 9.21 Å². The topological polar surface area (TPSA) is 62.1 Å². The van der Waals surface area contributed by atoms with Crippen molar-refractivity contribution < 1.29 is 18.4 Å². The lowest BCUT2D eigenvalue weighted by molar-refractivity contribution is -0.899. The number of likely N-dealkylation sites (N-methyl/N-ethyl adjacent to an activating group) is 1. The number of nitrogens with one attached hydrogen (secondary N) is 1. The van der Waals surface area contributed by atoms with Gasteiger partial charge in [0.1, 0.15) is 12.6 Å². The van der Waals surface area contributed by atoms with Crippen LogP contribution in [0.5, 0.6) is 0 Å². The Morgan fingerprint density at radius 2 is 1.52 bits per heavy atom. The van der Waals surface area contributed by atoms with Gasteiger partial charge in [0, 0.05) is 0 Å². The Morgan fingerprint density at radius 3 is 2.17 bits per heavy atom. The summed E-state index contributed by atoms with van der Waals surface area (Å²) in [4.78, 5) is 1.45. The highest BCUT2D eigenvalue weighted by Crippen LogP contribution is 2.26. The van der Waals surface area contributed by atoms with Crippen LogP contribution in [0.15, 0.2) is 77.7 Å². The molecular formula is C23H29N2O3S+. The molecule has 0 aliphatic rings. The van der Waals surface area contributed by atoms with Crippen LogP contribution in [0.2, 0.25) is 0 Å². The molecule has 3 aromatic carbocycles. The zero-order valence-electron chi connectivity index (χ0n) is 17.0. The van der Waals surface area contributed by atoms with Gasteiger partial charge < -0.3 is 10.0 Å². The summed E-state index contributed by atoms with van der Waals surface area (Å²) in [5.41, 5.74) is 0.550. The molecule has 0 bridgehead atoms. The van der Waals surface area contributed by atoms with E-state index in [1.807, 2.05) is 36.4 Å². The third-order valence-electron chi connectivity index (χ3n) is 5.25. The highest BCUT2D eigenvalue weighted by Gasteiger charge is 2.28. The monoisotopic (exact) mass is 413 g/mol. The van der Waals surface area contributed by atoms with E-state index < -0.39 is 16.1 Å². The van der Waals surface area contributed by atoms with Gasteiger partial charge in [-0.3, -0.25) is 4.31 Å². The fourth-order valence-electron chi connectivity index (χ4n) is 3.52. The van der Waals surface area contributed by atoms with E-state index >= 15 is 0 Å². The molecule has 0 saturated heterocycles. The molecule has 0 spiro atoms. The maximum atomic E-state index is 13.5. The van der Waals surface area contributed by atoms with E-state index in [0.717, 1.165) is 23.9 Å². The van der Waals surface area contributed by atoms with Gasteiger partial charge in [-0.25, -0.2) is 8.42 Å². The van der Waals surface area contributed by atoms with Crippen LogP contribution in [0.25, 0.3) is 10.8 Å². The van der Waals surface area contributed by atoms with E-state index in [4.69, 9.17) is 0 Å². The Morgan fingerprint density at radius 1 is 0.897 bits per heavy atom. The van der Waals surface area contributed by atoms with Crippen LogP contribution in [0, 0.1) is 0 Å². The molecule has 0 fully saturated rings. The zero-order valence-corrected chi connectivity index (χ0v) is 17.8. The largest absolute Gasteiger partial charge is 0.385 e. The molecule has 0 saturated carbocycles. The fraction of sp³-hybridized carbons (Fsp3) is 0.304. The molecule has 0 amide bonds. The second-order valence-electron chi connectivity index (χ2n) is 7.20. The third-order valence-corrected chi connectivity index (χ3v) is 7.04. The fourth-order valence-corrected chi connectivity index (χ4v) is 5.06. The molecule has 5 nitrogen and oxygen atoms in total. The molecule has 0 heterocycles. The van der Waals surface area contributed by atoms with Gasteiger partial charge in [-0.1, -0.05) is 48.5 Å². The summed E-state index contributed by atoms with van der Waals surface area (Å²) in [6.07, 6.45) is -0.764. The molecule has 0 unspecified atom stereocenters. The number of quaternary nitrogens is 1. The molecule has 0 aliphatic heterocycles. The SMILES string of the molecule is CC[NH+](CC)C[C@H](O)CN(c1ccccc1)S(=O)(=O)c1ccc2ccccc2c1. The van der Waals surface area contributed by atoms with Gasteiger partial charge in [0.2, 0.25) is 0 Å². The predicted molar refractivity (Wildman–Crippen MR) is 118 cm³/mol. The summed E-state index contributed by atoms with van der Waals surface area (Å²) in [7, 11) is -3.83. The summed E-state index contributed by atoms with van der Waals surface area (Å²) >= 11 is 0. The number of hydrogen-bond donors (Lipinski definition) is 2. The average molecular weight is 414 g/mol. The lowest BCUT2D eigenvalue weighted by Gasteiger charge is -2.28. The van der Waals surface area contributed by atoms with E-state index in [9.17, 15) is 13.5 Å². The van der Waals surface area contributed by atoms with Gasteiger partial charge >= 0.3 is 0 Å². The second kappa shape index (κ2) is 9.39. The molecule has 0 aromatic heterocycles. The van der Waals surface area contributed by atoms with Gasteiger partial charge in [0.15, 0.2) is 0 Å². The Bertz CT molecular complexity index is 1030. The molecule has 2 N–H and O–H groups in total. The number of sulfonamides is 1. The van der Waals surface area contributed by atoms with Crippen molar-refractivity contribution in [3.8, 4) is 0 Å². The molecule has 154 valence electrons. The Balaban J connectivity index is 1.97. The first-order chi connectivity index (χ1) is 14.0. The standard InChI is InChI=1S/C23H28N2O3S/c1-3-24(4-2)17-22(26)18-25(21-12-6-5-7-13-21)29(27,28)23-15-14-19-10-8-9-11-20(19)16-23/h5-16,22,26H,3-4,17-18H2,1-2H3/p+1/t22-/m0/s1. The van der Waals surface area contributed by atoms with Crippen LogP contribution < -0.4 is 9.21 Å². The Hall–Kier alpha value is -2.41. The number of rotatable bonds is 9. The van der Waals surface area contributed by atoms with Crippen LogP contribution in [-0.2, 0) is 10.0 Å². The summed E-state index contributed by atoms with van der Waals surface area (Å²) < 4.78 is 28.4. The van der Waals surface area contributed by atoms with E-state index in [1.54, 1.807) is 36.4 Å². The van der Waals surface area contributed by atoms with Crippen molar-refractivity contribution in [2.45, 2.75) is 24.8 Å². The minimum Gasteiger partial charge on any atom is -0.385 e. The van der Waals surface area contributed by atoms with Crippen molar-refractivity contribution in [1.82, 2.24) is 0 Å². The van der Waals surface area contributed by atoms with Gasteiger partial charge in [0.05, 0.1) is 30.2 Å². The van der Waals surface area contributed by atoms with Gasteiger partial charge in [-0.15, -0.1) is 0 Å². The summed E-state index contributed by atoms with van der Waals surface area (Å²) in [5, 5.41) is 12.5. The molecule has 1 atom stereocenters. The lowest BCUT2D eigenvalue weighted by atomic mass is 10.1. The van der Waals surface area contributed by atoms with Crippen LogP contribution in [0.3, 0.4) is 0 Å². The van der Waals surface area contributed by atoms with Crippen molar-refractivity contribution in [3.63, 3.8) is 0 Å². The summed E-state index contributed by atoms with van der Waals surface area (Å²) in [6, 6.07) is 21.8. The summed E-state index contributed by atoms with van der Waals surface area (Å²) in [6.45, 7) is 6.41. The van der Waals surface area contributed by atoms with Crippen LogP contribution in [-0.4, -0.2) is 45.8 Å². The Kier molecular flexibility index (Phi) is 6.90. The van der Waals surface area contributed by atoms with Crippen LogP contribution >= 0.6 is 0 Å². The lowest BCUT2D eigenvalue weighted by Crippen LogP contribution is -3.12. The Labute approximate surface area is 173 Å². The number of anilines is 1. The van der Waals surface area contributed by atoms with Crippen molar-refractivity contribution in [3.05, 3.63) is 72.8 Å². The van der Waals surface area contributed by atoms with Gasteiger partial charge in [0.25, 0.3) is 10.0 Å². The highest BCUT2D eigenvalue weighted by molar-refractivity contribution is 7.92. The minimum absolute atomic E-state index is 0.0165. The predicted octanol–water partition coefficient (Wildman–Crippen LogP) is 2.32. The molecule has 3 aromatic rings. The number of benzene rings is 3. The van der Waals surface area contributed by atoms with Crippen molar-refractivity contribution in [2.75, 3.05) is 30.5 Å². The van der Waals surface area contributed by atoms with Gasteiger partial charge in [-0.2, -0.15) is 0 Å². The second-order valence-corrected chi connectivity index (χ2v) is 9.06. The molecule has 0 radical (unpaired) electrons. The number of fused-ring (bicyclic) bond motifs is 1. The van der Waals surface area contributed by atoms with Crippen molar-refractivity contribution in [1.29, 1.82) is 0 Å². The van der Waals surface area contributed by atoms with E-state index in [0.29, 0.717) is 12.2 Å². The summed E-state index contributed by atoms with van der Waals surface area (Å²) in [5.74, 6) is 0. The van der Waals surface area contributed by atoms with Crippen molar-refractivity contribution in [2.24, 2.45) is 0 Å². The molecule has 3 rings (SSSR count). The average Bonchev–Trinajstić information content (AvgIpc) is 2.76. The van der Waals surface area contributed by atoms with Crippen LogP contribution in [0.4, 0.5) is 5.69 Å². The van der Waals surface area contributed by atoms with E-state index in [2.05, 4.69) is 13.8 Å². The minimum atomic E-state index is -3.83. The normalized spacial score (nSPS) is 13.0. The quantitative estimate of drug-likeness (QED) is 0.566. The number of hydrogen-bond acceptors (Lipinski definition) is 3. The van der Waals surface area contributed by atoms with E-state index in [-0.39, 0.29) is 11.4 Å². The first-order valence-electron chi connectivity index (χ1n) is 10.0. The molecule has 6 heteroatoms. The third kappa shape index (κ3) is 4.96.